The fourth-order valence-electron chi connectivity index (χ4n) is 2.49. The van der Waals surface area contributed by atoms with Gasteiger partial charge in [0.1, 0.15) is 5.82 Å². The molecule has 4 nitrogen and oxygen atoms in total. The van der Waals surface area contributed by atoms with Gasteiger partial charge in [-0.3, -0.25) is 4.79 Å². The first-order valence-electron chi connectivity index (χ1n) is 7.08. The zero-order valence-corrected chi connectivity index (χ0v) is 14.2. The van der Waals surface area contributed by atoms with E-state index >= 15 is 0 Å². The Hall–Kier alpha value is -0.730. The van der Waals surface area contributed by atoms with E-state index in [9.17, 15) is 9.18 Å². The van der Waals surface area contributed by atoms with Crippen molar-refractivity contribution in [2.45, 2.75) is 18.9 Å². The highest BCUT2D eigenvalue weighted by molar-refractivity contribution is 14.1. The summed E-state index contributed by atoms with van der Waals surface area (Å²) in [6, 6.07) is 4.61. The molecule has 21 heavy (non-hydrogen) atoms. The molecule has 1 aliphatic heterocycles. The third-order valence-corrected chi connectivity index (χ3v) is 4.51. The van der Waals surface area contributed by atoms with Crippen LogP contribution in [-0.2, 0) is 4.74 Å². The summed E-state index contributed by atoms with van der Waals surface area (Å²) in [5.74, 6) is -0.387. The molecule has 0 aliphatic carbocycles. The van der Waals surface area contributed by atoms with Gasteiger partial charge in [0.25, 0.3) is 5.91 Å². The van der Waals surface area contributed by atoms with E-state index in [4.69, 9.17) is 4.74 Å². The largest absolute Gasteiger partial charge is 0.383 e. The first kappa shape index (κ1) is 16.6. The van der Waals surface area contributed by atoms with Crippen LogP contribution in [-0.4, -0.2) is 50.2 Å². The number of amides is 1. The summed E-state index contributed by atoms with van der Waals surface area (Å²) >= 11 is 2.00. The van der Waals surface area contributed by atoms with Crippen molar-refractivity contribution in [3.63, 3.8) is 0 Å². The van der Waals surface area contributed by atoms with Crippen LogP contribution in [0.15, 0.2) is 18.2 Å². The minimum absolute atomic E-state index is 0.0647. The van der Waals surface area contributed by atoms with Crippen LogP contribution in [0.5, 0.6) is 0 Å². The van der Waals surface area contributed by atoms with Gasteiger partial charge in [0.05, 0.1) is 12.2 Å². The van der Waals surface area contributed by atoms with Crippen LogP contribution >= 0.6 is 22.6 Å². The number of hydrogen-bond donors (Lipinski definition) is 1. The standard InChI is InChI=1S/C15H20FIN2O2/c1-21-8-7-19(10-12-3-2-6-18-12)15(20)13-5-4-11(16)9-14(13)17/h4-5,9,12,18H,2-3,6-8,10H2,1H3. The monoisotopic (exact) mass is 406 g/mol. The second-order valence-corrected chi connectivity index (χ2v) is 6.32. The quantitative estimate of drug-likeness (QED) is 0.738. The van der Waals surface area contributed by atoms with Crippen molar-refractivity contribution in [1.29, 1.82) is 0 Å². The van der Waals surface area contributed by atoms with Crippen molar-refractivity contribution in [2.75, 3.05) is 33.4 Å². The van der Waals surface area contributed by atoms with Crippen LogP contribution in [0.25, 0.3) is 0 Å². The Morgan fingerprint density at radius 3 is 3.00 bits per heavy atom. The number of hydrogen-bond acceptors (Lipinski definition) is 3. The van der Waals surface area contributed by atoms with Crippen molar-refractivity contribution >= 4 is 28.5 Å². The van der Waals surface area contributed by atoms with Gasteiger partial charge in [-0.15, -0.1) is 0 Å². The summed E-state index contributed by atoms with van der Waals surface area (Å²) in [5.41, 5.74) is 0.547. The van der Waals surface area contributed by atoms with Crippen LogP contribution in [0.2, 0.25) is 0 Å². The lowest BCUT2D eigenvalue weighted by atomic mass is 10.1. The Bertz CT molecular complexity index is 493. The maximum absolute atomic E-state index is 13.2. The summed E-state index contributed by atoms with van der Waals surface area (Å²) in [5, 5.41) is 3.40. The van der Waals surface area contributed by atoms with Crippen LogP contribution < -0.4 is 5.32 Å². The summed E-state index contributed by atoms with van der Waals surface area (Å²) < 4.78 is 18.9. The van der Waals surface area contributed by atoms with E-state index in [-0.39, 0.29) is 11.7 Å². The SMILES string of the molecule is COCCN(CC1CCCN1)C(=O)c1ccc(F)cc1I. The molecule has 2 rings (SSSR count). The number of nitrogens with zero attached hydrogens (tertiary/aromatic N) is 1. The second-order valence-electron chi connectivity index (χ2n) is 5.16. The summed E-state index contributed by atoms with van der Waals surface area (Å²) in [6.07, 6.45) is 2.22. The van der Waals surface area contributed by atoms with Crippen molar-refractivity contribution in [2.24, 2.45) is 0 Å². The number of benzene rings is 1. The first-order chi connectivity index (χ1) is 10.1. The normalized spacial score (nSPS) is 18.0. The predicted octanol–water partition coefficient (Wildman–Crippen LogP) is 2.27. The Kier molecular flexibility index (Phi) is 6.38. The number of nitrogens with one attached hydrogen (secondary N) is 1. The van der Waals surface area contributed by atoms with Gasteiger partial charge in [0.2, 0.25) is 0 Å². The average Bonchev–Trinajstić information content (AvgIpc) is 2.95. The summed E-state index contributed by atoms with van der Waals surface area (Å²) in [7, 11) is 1.62. The molecular weight excluding hydrogens is 386 g/mol. The van der Waals surface area contributed by atoms with E-state index in [1.54, 1.807) is 18.1 Å². The van der Waals surface area contributed by atoms with Crippen LogP contribution in [0.3, 0.4) is 0 Å². The van der Waals surface area contributed by atoms with Gasteiger partial charge in [0.15, 0.2) is 0 Å². The molecule has 0 bridgehead atoms. The number of halogens is 2. The van der Waals surface area contributed by atoms with Gasteiger partial charge >= 0.3 is 0 Å². The van der Waals surface area contributed by atoms with E-state index in [1.165, 1.54) is 12.1 Å². The van der Waals surface area contributed by atoms with Crippen LogP contribution in [0, 0.1) is 9.39 Å². The fraction of sp³-hybridized carbons (Fsp3) is 0.533. The minimum atomic E-state index is -0.322. The zero-order valence-electron chi connectivity index (χ0n) is 12.1. The van der Waals surface area contributed by atoms with Crippen molar-refractivity contribution in [3.8, 4) is 0 Å². The van der Waals surface area contributed by atoms with E-state index in [1.807, 2.05) is 22.6 Å². The Balaban J connectivity index is 2.11. The molecule has 6 heteroatoms. The maximum Gasteiger partial charge on any atom is 0.255 e. The molecule has 1 heterocycles. The zero-order chi connectivity index (χ0) is 15.2. The molecule has 0 saturated carbocycles. The maximum atomic E-state index is 13.2. The number of rotatable bonds is 6. The smallest absolute Gasteiger partial charge is 0.255 e. The van der Waals surface area contributed by atoms with E-state index in [0.717, 1.165) is 19.4 Å². The van der Waals surface area contributed by atoms with Gasteiger partial charge in [-0.1, -0.05) is 0 Å². The molecule has 1 aromatic carbocycles. The minimum Gasteiger partial charge on any atom is -0.383 e. The average molecular weight is 406 g/mol. The molecule has 1 aromatic rings. The second kappa shape index (κ2) is 8.05. The Morgan fingerprint density at radius 1 is 1.57 bits per heavy atom. The third-order valence-electron chi connectivity index (χ3n) is 3.62. The number of methoxy groups -OCH3 is 1. The molecule has 0 spiro atoms. The highest BCUT2D eigenvalue weighted by Crippen LogP contribution is 2.17. The fourth-order valence-corrected chi connectivity index (χ4v) is 3.20. The molecule has 0 aromatic heterocycles. The van der Waals surface area contributed by atoms with Crippen molar-refractivity contribution in [1.82, 2.24) is 10.2 Å². The lowest BCUT2D eigenvalue weighted by Crippen LogP contribution is -2.42. The molecule has 1 amide bonds. The molecule has 116 valence electrons. The predicted molar refractivity (Wildman–Crippen MR) is 87.9 cm³/mol. The van der Waals surface area contributed by atoms with Crippen LogP contribution in [0.4, 0.5) is 4.39 Å². The number of carbonyl (C=O) groups is 1. The van der Waals surface area contributed by atoms with Gasteiger partial charge < -0.3 is 15.0 Å². The molecule has 1 fully saturated rings. The van der Waals surface area contributed by atoms with Crippen molar-refractivity contribution in [3.05, 3.63) is 33.1 Å². The lowest BCUT2D eigenvalue weighted by Gasteiger charge is -2.26. The van der Waals surface area contributed by atoms with E-state index in [0.29, 0.717) is 34.9 Å². The lowest BCUT2D eigenvalue weighted by molar-refractivity contribution is 0.0678. The molecule has 1 unspecified atom stereocenters. The third kappa shape index (κ3) is 4.62. The van der Waals surface area contributed by atoms with Gasteiger partial charge in [-0.05, 0) is 60.2 Å². The Labute approximate surface area is 138 Å². The van der Waals surface area contributed by atoms with E-state index < -0.39 is 0 Å². The molecule has 1 atom stereocenters. The Morgan fingerprint density at radius 2 is 2.38 bits per heavy atom. The molecule has 0 radical (unpaired) electrons. The number of ether oxygens (including phenoxy) is 1. The molecule has 1 aliphatic rings. The summed E-state index contributed by atoms with van der Waals surface area (Å²) in [6.45, 7) is 2.71. The molecule has 1 saturated heterocycles. The highest BCUT2D eigenvalue weighted by Gasteiger charge is 2.23. The number of carbonyl (C=O) groups excluding carboxylic acids is 1. The van der Waals surface area contributed by atoms with E-state index in [2.05, 4.69) is 5.32 Å². The highest BCUT2D eigenvalue weighted by atomic mass is 127. The van der Waals surface area contributed by atoms with Crippen molar-refractivity contribution < 1.29 is 13.9 Å². The van der Waals surface area contributed by atoms with Gasteiger partial charge in [-0.25, -0.2) is 4.39 Å². The topological polar surface area (TPSA) is 41.6 Å². The van der Waals surface area contributed by atoms with Crippen LogP contribution in [0.1, 0.15) is 23.2 Å². The van der Waals surface area contributed by atoms with Gasteiger partial charge in [0, 0.05) is 29.8 Å². The molecular formula is C15H20FIN2O2. The van der Waals surface area contributed by atoms with Gasteiger partial charge in [-0.2, -0.15) is 0 Å². The molecule has 1 N–H and O–H groups in total. The first-order valence-corrected chi connectivity index (χ1v) is 8.16. The summed E-state index contributed by atoms with van der Waals surface area (Å²) in [4.78, 5) is 14.5.